The fourth-order valence-corrected chi connectivity index (χ4v) is 2.92. The van der Waals surface area contributed by atoms with Crippen molar-refractivity contribution in [1.82, 2.24) is 9.55 Å². The number of rotatable bonds is 4. The molecule has 0 unspecified atom stereocenters. The monoisotopic (exact) mass is 310 g/mol. The zero-order chi connectivity index (χ0) is 16.4. The SMILES string of the molecule is CC[C@H]1O[C@@H](c2cn(CC)c(=O)[nH]c2=O)[C@H](OC(C)=O)[C@@H]1C. The summed E-state index contributed by atoms with van der Waals surface area (Å²) in [5, 5.41) is 0. The molecule has 2 heterocycles. The minimum atomic E-state index is -0.661. The van der Waals surface area contributed by atoms with E-state index < -0.39 is 29.4 Å². The molecule has 0 aliphatic carbocycles. The van der Waals surface area contributed by atoms with Crippen molar-refractivity contribution in [3.8, 4) is 0 Å². The Morgan fingerprint density at radius 3 is 2.64 bits per heavy atom. The lowest BCUT2D eigenvalue weighted by Crippen LogP contribution is -2.35. The average molecular weight is 310 g/mol. The fourth-order valence-electron chi connectivity index (χ4n) is 2.92. The predicted octanol–water partition coefficient (Wildman–Crippen LogP) is 0.974. The molecule has 0 spiro atoms. The Bertz CT molecular complexity index is 663. The van der Waals surface area contributed by atoms with Crippen LogP contribution in [0.3, 0.4) is 0 Å². The summed E-state index contributed by atoms with van der Waals surface area (Å²) < 4.78 is 12.7. The van der Waals surface area contributed by atoms with E-state index in [1.54, 1.807) is 6.92 Å². The van der Waals surface area contributed by atoms with Crippen LogP contribution in [0.15, 0.2) is 15.8 Å². The van der Waals surface area contributed by atoms with E-state index in [1.165, 1.54) is 17.7 Å². The van der Waals surface area contributed by atoms with Gasteiger partial charge in [0.2, 0.25) is 0 Å². The third-order valence-electron chi connectivity index (χ3n) is 4.11. The number of H-pyrrole nitrogens is 1. The van der Waals surface area contributed by atoms with Gasteiger partial charge >= 0.3 is 11.7 Å². The van der Waals surface area contributed by atoms with Gasteiger partial charge in [0, 0.05) is 25.6 Å². The first-order valence-corrected chi connectivity index (χ1v) is 7.55. The van der Waals surface area contributed by atoms with Crippen LogP contribution in [-0.2, 0) is 20.8 Å². The van der Waals surface area contributed by atoms with Crippen molar-refractivity contribution in [2.45, 2.75) is 59.0 Å². The maximum Gasteiger partial charge on any atom is 0.328 e. The third-order valence-corrected chi connectivity index (χ3v) is 4.11. The average Bonchev–Trinajstić information content (AvgIpc) is 2.75. The molecule has 1 saturated heterocycles. The summed E-state index contributed by atoms with van der Waals surface area (Å²) in [6, 6.07) is 0. The standard InChI is InChI=1S/C15H22N2O5/c1-5-11-8(3)12(21-9(4)18)13(22-11)10-7-17(6-2)15(20)16-14(10)19/h7-8,11-13H,5-6H2,1-4H3,(H,16,19,20)/t8-,11-,12-,13+/m1/s1. The van der Waals surface area contributed by atoms with Crippen molar-refractivity contribution in [1.29, 1.82) is 0 Å². The lowest BCUT2D eigenvalue weighted by Gasteiger charge is -2.21. The van der Waals surface area contributed by atoms with Gasteiger partial charge < -0.3 is 14.0 Å². The molecule has 0 radical (unpaired) electrons. The van der Waals surface area contributed by atoms with E-state index in [9.17, 15) is 14.4 Å². The highest BCUT2D eigenvalue weighted by Crippen LogP contribution is 2.39. The van der Waals surface area contributed by atoms with Gasteiger partial charge in [0.15, 0.2) is 0 Å². The summed E-state index contributed by atoms with van der Waals surface area (Å²) in [5.74, 6) is -0.442. The maximum atomic E-state index is 12.1. The molecule has 1 aliphatic rings. The summed E-state index contributed by atoms with van der Waals surface area (Å²) in [6.07, 6.45) is 0.946. The van der Waals surface area contributed by atoms with Gasteiger partial charge in [0.05, 0.1) is 11.7 Å². The first-order chi connectivity index (χ1) is 10.4. The zero-order valence-electron chi connectivity index (χ0n) is 13.3. The molecule has 1 aromatic rings. The van der Waals surface area contributed by atoms with E-state index in [-0.39, 0.29) is 12.0 Å². The topological polar surface area (TPSA) is 90.4 Å². The molecule has 7 nitrogen and oxygen atoms in total. The van der Waals surface area contributed by atoms with Gasteiger partial charge in [-0.05, 0) is 13.3 Å². The Labute approximate surface area is 128 Å². The first-order valence-electron chi connectivity index (χ1n) is 7.55. The Morgan fingerprint density at radius 1 is 1.41 bits per heavy atom. The van der Waals surface area contributed by atoms with E-state index in [0.29, 0.717) is 12.1 Å². The quantitative estimate of drug-likeness (QED) is 0.837. The molecular formula is C15H22N2O5. The van der Waals surface area contributed by atoms with Crippen molar-refractivity contribution < 1.29 is 14.3 Å². The van der Waals surface area contributed by atoms with Crippen molar-refractivity contribution in [3.63, 3.8) is 0 Å². The first kappa shape index (κ1) is 16.5. The second-order valence-electron chi connectivity index (χ2n) is 5.57. The van der Waals surface area contributed by atoms with Gasteiger partial charge in [-0.25, -0.2) is 4.79 Å². The number of hydrogen-bond donors (Lipinski definition) is 1. The molecule has 0 aromatic carbocycles. The largest absolute Gasteiger partial charge is 0.459 e. The molecule has 4 atom stereocenters. The molecule has 7 heteroatoms. The second kappa shape index (κ2) is 6.48. The Balaban J connectivity index is 2.46. The van der Waals surface area contributed by atoms with Crippen LogP contribution in [0, 0.1) is 5.92 Å². The fraction of sp³-hybridized carbons (Fsp3) is 0.667. The minimum absolute atomic E-state index is 0.0275. The molecule has 22 heavy (non-hydrogen) atoms. The van der Waals surface area contributed by atoms with E-state index in [4.69, 9.17) is 9.47 Å². The van der Waals surface area contributed by atoms with Crippen molar-refractivity contribution in [2.24, 2.45) is 5.92 Å². The molecule has 1 fully saturated rings. The van der Waals surface area contributed by atoms with Gasteiger partial charge in [0.1, 0.15) is 12.2 Å². The summed E-state index contributed by atoms with van der Waals surface area (Å²) in [4.78, 5) is 37.5. The second-order valence-corrected chi connectivity index (χ2v) is 5.57. The number of aromatic amines is 1. The number of esters is 1. The highest BCUT2D eigenvalue weighted by molar-refractivity contribution is 5.66. The summed E-state index contributed by atoms with van der Waals surface area (Å²) in [7, 11) is 0. The molecule has 0 bridgehead atoms. The molecule has 1 N–H and O–H groups in total. The van der Waals surface area contributed by atoms with Crippen LogP contribution in [0.1, 0.15) is 45.8 Å². The van der Waals surface area contributed by atoms with Crippen molar-refractivity contribution in [3.05, 3.63) is 32.6 Å². The van der Waals surface area contributed by atoms with Crippen LogP contribution < -0.4 is 11.2 Å². The number of aryl methyl sites for hydroxylation is 1. The molecule has 122 valence electrons. The van der Waals surface area contributed by atoms with Crippen molar-refractivity contribution in [2.75, 3.05) is 0 Å². The van der Waals surface area contributed by atoms with Gasteiger partial charge in [0.25, 0.3) is 5.56 Å². The normalized spacial score (nSPS) is 27.8. The summed E-state index contributed by atoms with van der Waals surface area (Å²) >= 11 is 0. The van der Waals surface area contributed by atoms with Gasteiger partial charge in [-0.1, -0.05) is 13.8 Å². The van der Waals surface area contributed by atoms with Crippen LogP contribution >= 0.6 is 0 Å². The smallest absolute Gasteiger partial charge is 0.328 e. The highest BCUT2D eigenvalue weighted by atomic mass is 16.6. The van der Waals surface area contributed by atoms with Crippen LogP contribution in [0.2, 0.25) is 0 Å². The summed E-state index contributed by atoms with van der Waals surface area (Å²) in [6.45, 7) is 7.48. The minimum Gasteiger partial charge on any atom is -0.459 e. The molecule has 2 rings (SSSR count). The third kappa shape index (κ3) is 2.99. The molecular weight excluding hydrogens is 288 g/mol. The van der Waals surface area contributed by atoms with E-state index in [1.807, 2.05) is 13.8 Å². The number of nitrogens with one attached hydrogen (secondary N) is 1. The lowest BCUT2D eigenvalue weighted by atomic mass is 9.94. The van der Waals surface area contributed by atoms with Crippen molar-refractivity contribution >= 4 is 5.97 Å². The Hall–Kier alpha value is -1.89. The number of carbonyl (C=O) groups is 1. The molecule has 0 saturated carbocycles. The molecule has 1 aromatic heterocycles. The van der Waals surface area contributed by atoms with Crippen LogP contribution in [0.4, 0.5) is 0 Å². The van der Waals surface area contributed by atoms with E-state index in [2.05, 4.69) is 4.98 Å². The maximum absolute atomic E-state index is 12.1. The van der Waals surface area contributed by atoms with Crippen LogP contribution in [0.25, 0.3) is 0 Å². The highest BCUT2D eigenvalue weighted by Gasteiger charge is 2.45. The van der Waals surface area contributed by atoms with E-state index in [0.717, 1.165) is 6.42 Å². The molecule has 1 aliphatic heterocycles. The van der Waals surface area contributed by atoms with Crippen LogP contribution in [0.5, 0.6) is 0 Å². The number of ether oxygens (including phenoxy) is 2. The van der Waals surface area contributed by atoms with Crippen LogP contribution in [-0.4, -0.2) is 27.7 Å². The summed E-state index contributed by atoms with van der Waals surface area (Å²) in [5.41, 5.74) is -0.644. The number of nitrogens with zero attached hydrogens (tertiary/aromatic N) is 1. The van der Waals surface area contributed by atoms with Gasteiger partial charge in [-0.3, -0.25) is 14.6 Å². The number of hydrogen-bond acceptors (Lipinski definition) is 5. The van der Waals surface area contributed by atoms with Gasteiger partial charge in [-0.15, -0.1) is 0 Å². The number of aromatic nitrogens is 2. The predicted molar refractivity (Wildman–Crippen MR) is 79.6 cm³/mol. The Morgan fingerprint density at radius 2 is 2.09 bits per heavy atom. The zero-order valence-corrected chi connectivity index (χ0v) is 13.3. The molecule has 0 amide bonds. The van der Waals surface area contributed by atoms with E-state index >= 15 is 0 Å². The number of carbonyl (C=O) groups excluding carboxylic acids is 1. The van der Waals surface area contributed by atoms with Gasteiger partial charge in [-0.2, -0.15) is 0 Å². The lowest BCUT2D eigenvalue weighted by molar-refractivity contribution is -0.150. The Kier molecular flexibility index (Phi) is 4.85.